The van der Waals surface area contributed by atoms with E-state index in [1.807, 2.05) is 18.2 Å². The molecule has 0 heterocycles. The lowest BCUT2D eigenvalue weighted by atomic mass is 9.83. The topological polar surface area (TPSA) is 65.7 Å². The summed E-state index contributed by atoms with van der Waals surface area (Å²) in [6, 6.07) is 5.46. The van der Waals surface area contributed by atoms with Crippen LogP contribution in [0.1, 0.15) is 38.3 Å². The molecule has 0 aliphatic carbocycles. The van der Waals surface area contributed by atoms with Crippen molar-refractivity contribution in [2.75, 3.05) is 21.3 Å². The van der Waals surface area contributed by atoms with Crippen LogP contribution in [0.25, 0.3) is 0 Å². The molecule has 5 heteroatoms. The van der Waals surface area contributed by atoms with Crippen molar-refractivity contribution in [3.05, 3.63) is 23.8 Å². The van der Waals surface area contributed by atoms with Crippen molar-refractivity contribution >= 4 is 0 Å². The van der Waals surface area contributed by atoms with Gasteiger partial charge in [-0.25, -0.2) is 5.43 Å². The SMILES string of the molecule is CCC(CC)(OC)C(NN)c1c(OC)cccc1OC. The largest absolute Gasteiger partial charge is 0.496 e. The third-order valence-electron chi connectivity index (χ3n) is 4.05. The third kappa shape index (κ3) is 2.90. The van der Waals surface area contributed by atoms with Gasteiger partial charge in [-0.3, -0.25) is 5.84 Å². The second-order valence-corrected chi connectivity index (χ2v) is 4.65. The Morgan fingerprint density at radius 1 is 1.10 bits per heavy atom. The fraction of sp³-hybridized carbons (Fsp3) is 0.600. The number of nitrogens with two attached hydrogens (primary N) is 1. The van der Waals surface area contributed by atoms with E-state index >= 15 is 0 Å². The minimum Gasteiger partial charge on any atom is -0.496 e. The van der Waals surface area contributed by atoms with E-state index in [0.29, 0.717) is 0 Å². The summed E-state index contributed by atoms with van der Waals surface area (Å²) in [6.07, 6.45) is 1.63. The lowest BCUT2D eigenvalue weighted by Crippen LogP contribution is -2.47. The average molecular weight is 282 g/mol. The molecular formula is C15H26N2O3. The highest BCUT2D eigenvalue weighted by Crippen LogP contribution is 2.42. The predicted octanol–water partition coefficient (Wildman–Crippen LogP) is 2.41. The van der Waals surface area contributed by atoms with Crippen molar-refractivity contribution in [2.45, 2.75) is 38.3 Å². The second kappa shape index (κ2) is 7.47. The summed E-state index contributed by atoms with van der Waals surface area (Å²) in [5.41, 5.74) is 3.34. The number of hydrazine groups is 1. The minimum absolute atomic E-state index is 0.228. The summed E-state index contributed by atoms with van der Waals surface area (Å²) < 4.78 is 16.7. The van der Waals surface area contributed by atoms with Gasteiger partial charge < -0.3 is 14.2 Å². The molecule has 3 N–H and O–H groups in total. The van der Waals surface area contributed by atoms with E-state index in [2.05, 4.69) is 19.3 Å². The van der Waals surface area contributed by atoms with Crippen molar-refractivity contribution in [1.82, 2.24) is 5.43 Å². The summed E-state index contributed by atoms with van der Waals surface area (Å²) in [5.74, 6) is 7.29. The molecule has 0 saturated carbocycles. The molecule has 1 unspecified atom stereocenters. The Balaban J connectivity index is 3.44. The van der Waals surface area contributed by atoms with Gasteiger partial charge in [0.1, 0.15) is 11.5 Å². The Morgan fingerprint density at radius 3 is 1.90 bits per heavy atom. The van der Waals surface area contributed by atoms with E-state index in [9.17, 15) is 0 Å². The summed E-state index contributed by atoms with van der Waals surface area (Å²) in [5, 5.41) is 0. The van der Waals surface area contributed by atoms with E-state index in [4.69, 9.17) is 20.1 Å². The van der Waals surface area contributed by atoms with Crippen LogP contribution in [0.3, 0.4) is 0 Å². The van der Waals surface area contributed by atoms with Crippen LogP contribution < -0.4 is 20.7 Å². The van der Waals surface area contributed by atoms with Crippen molar-refractivity contribution in [1.29, 1.82) is 0 Å². The van der Waals surface area contributed by atoms with Crippen LogP contribution in [0.4, 0.5) is 0 Å². The Bertz CT molecular complexity index is 389. The van der Waals surface area contributed by atoms with Gasteiger partial charge in [0.05, 0.1) is 31.4 Å². The van der Waals surface area contributed by atoms with E-state index in [0.717, 1.165) is 29.9 Å². The lowest BCUT2D eigenvalue weighted by molar-refractivity contribution is -0.0496. The lowest BCUT2D eigenvalue weighted by Gasteiger charge is -2.39. The normalized spacial score (nSPS) is 13.1. The van der Waals surface area contributed by atoms with Crippen LogP contribution in [-0.2, 0) is 4.74 Å². The van der Waals surface area contributed by atoms with Crippen molar-refractivity contribution < 1.29 is 14.2 Å². The van der Waals surface area contributed by atoms with Gasteiger partial charge in [-0.05, 0) is 25.0 Å². The van der Waals surface area contributed by atoms with Gasteiger partial charge in [-0.1, -0.05) is 19.9 Å². The molecule has 5 nitrogen and oxygen atoms in total. The van der Waals surface area contributed by atoms with Gasteiger partial charge >= 0.3 is 0 Å². The Hall–Kier alpha value is -1.30. The first-order chi connectivity index (χ1) is 9.63. The van der Waals surface area contributed by atoms with Crippen molar-refractivity contribution in [3.63, 3.8) is 0 Å². The molecule has 0 aromatic heterocycles. The summed E-state index contributed by atoms with van der Waals surface area (Å²) in [7, 11) is 4.98. The zero-order valence-electron chi connectivity index (χ0n) is 13.0. The predicted molar refractivity (Wildman–Crippen MR) is 79.9 cm³/mol. The van der Waals surface area contributed by atoms with Crippen molar-refractivity contribution in [3.8, 4) is 11.5 Å². The monoisotopic (exact) mass is 282 g/mol. The summed E-state index contributed by atoms with van der Waals surface area (Å²) in [6.45, 7) is 4.17. The highest BCUT2D eigenvalue weighted by atomic mass is 16.5. The number of ether oxygens (including phenoxy) is 3. The molecule has 1 rings (SSSR count). The zero-order valence-corrected chi connectivity index (χ0v) is 13.0. The Morgan fingerprint density at radius 2 is 1.60 bits per heavy atom. The van der Waals surface area contributed by atoms with Gasteiger partial charge in [-0.2, -0.15) is 0 Å². The molecular weight excluding hydrogens is 256 g/mol. The van der Waals surface area contributed by atoms with Gasteiger partial charge in [0.25, 0.3) is 0 Å². The Labute approximate surface area is 121 Å². The second-order valence-electron chi connectivity index (χ2n) is 4.65. The first-order valence-corrected chi connectivity index (χ1v) is 6.86. The summed E-state index contributed by atoms with van der Waals surface area (Å²) >= 11 is 0. The maximum absolute atomic E-state index is 5.82. The fourth-order valence-corrected chi connectivity index (χ4v) is 2.73. The van der Waals surface area contributed by atoms with Crippen LogP contribution in [0.2, 0.25) is 0 Å². The number of hydrogen-bond acceptors (Lipinski definition) is 5. The van der Waals surface area contributed by atoms with E-state index in [1.54, 1.807) is 21.3 Å². The van der Waals surface area contributed by atoms with E-state index < -0.39 is 5.60 Å². The first kappa shape index (κ1) is 16.8. The number of nitrogens with one attached hydrogen (secondary N) is 1. The average Bonchev–Trinajstić information content (AvgIpc) is 2.52. The zero-order chi connectivity index (χ0) is 15.2. The van der Waals surface area contributed by atoms with Crippen LogP contribution in [0, 0.1) is 0 Å². The maximum Gasteiger partial charge on any atom is 0.127 e. The van der Waals surface area contributed by atoms with Crippen LogP contribution in [0.5, 0.6) is 11.5 Å². The molecule has 0 bridgehead atoms. The smallest absolute Gasteiger partial charge is 0.127 e. The molecule has 1 aromatic rings. The van der Waals surface area contributed by atoms with Crippen LogP contribution >= 0.6 is 0 Å². The van der Waals surface area contributed by atoms with Crippen molar-refractivity contribution in [2.24, 2.45) is 5.84 Å². The summed E-state index contributed by atoms with van der Waals surface area (Å²) in [4.78, 5) is 0. The van der Waals surface area contributed by atoms with E-state index in [1.165, 1.54) is 0 Å². The molecule has 114 valence electrons. The number of methoxy groups -OCH3 is 3. The molecule has 0 aliphatic heterocycles. The number of benzene rings is 1. The molecule has 0 spiro atoms. The highest BCUT2D eigenvalue weighted by molar-refractivity contribution is 5.48. The molecule has 20 heavy (non-hydrogen) atoms. The molecule has 1 aromatic carbocycles. The number of rotatable bonds is 8. The molecule has 1 atom stereocenters. The van der Waals surface area contributed by atoms with Gasteiger partial charge in [-0.15, -0.1) is 0 Å². The minimum atomic E-state index is -0.420. The van der Waals surface area contributed by atoms with Gasteiger partial charge in [0.2, 0.25) is 0 Å². The van der Waals surface area contributed by atoms with Gasteiger partial charge in [0.15, 0.2) is 0 Å². The first-order valence-electron chi connectivity index (χ1n) is 6.86. The van der Waals surface area contributed by atoms with Crippen LogP contribution in [0.15, 0.2) is 18.2 Å². The quantitative estimate of drug-likeness (QED) is 0.566. The molecule has 0 radical (unpaired) electrons. The third-order valence-corrected chi connectivity index (χ3v) is 4.05. The molecule has 0 fully saturated rings. The van der Waals surface area contributed by atoms with Gasteiger partial charge in [0, 0.05) is 7.11 Å². The Kier molecular flexibility index (Phi) is 6.26. The maximum atomic E-state index is 5.82. The van der Waals surface area contributed by atoms with E-state index in [-0.39, 0.29) is 6.04 Å². The highest BCUT2D eigenvalue weighted by Gasteiger charge is 2.39. The standard InChI is InChI=1S/C15H26N2O3/c1-6-15(7-2,20-5)14(17-16)13-11(18-3)9-8-10-12(13)19-4/h8-10,14,17H,6-7,16H2,1-5H3. The molecule has 0 saturated heterocycles. The van der Waals surface area contributed by atoms with Crippen LogP contribution in [-0.4, -0.2) is 26.9 Å². The number of hydrogen-bond donors (Lipinski definition) is 2. The fourth-order valence-electron chi connectivity index (χ4n) is 2.73. The molecule has 0 amide bonds. The molecule has 0 aliphatic rings.